The molecule has 4 heteroatoms. The fourth-order valence-corrected chi connectivity index (χ4v) is 1.52. The predicted octanol–water partition coefficient (Wildman–Crippen LogP) is 3.22. The fraction of sp³-hybridized carbons (Fsp3) is 0.0769. The molecule has 0 saturated heterocycles. The van der Waals surface area contributed by atoms with Crippen LogP contribution in [0.2, 0.25) is 5.02 Å². The highest BCUT2D eigenvalue weighted by Gasteiger charge is 1.97. The number of halogens is 1. The van der Waals surface area contributed by atoms with Crippen molar-refractivity contribution in [2.75, 3.05) is 5.32 Å². The molecule has 0 amide bonds. The van der Waals surface area contributed by atoms with Crippen molar-refractivity contribution in [3.05, 3.63) is 58.7 Å². The molecule has 0 aliphatic carbocycles. The maximum Gasteiger partial charge on any atom is 0.142 e. The molecule has 0 bridgehead atoms. The first-order valence-corrected chi connectivity index (χ1v) is 5.51. The summed E-state index contributed by atoms with van der Waals surface area (Å²) in [5.74, 6) is 0.694. The van der Waals surface area contributed by atoms with E-state index in [1.54, 1.807) is 12.1 Å². The first-order chi connectivity index (χ1) is 8.28. The van der Waals surface area contributed by atoms with Crippen molar-refractivity contribution in [3.8, 4) is 6.07 Å². The number of hydrogen-bond acceptors (Lipinski definition) is 3. The van der Waals surface area contributed by atoms with Crippen LogP contribution in [-0.2, 0) is 6.54 Å². The lowest BCUT2D eigenvalue weighted by Gasteiger charge is -2.05. The first-order valence-electron chi connectivity index (χ1n) is 5.13. The Bertz CT molecular complexity index is 543. The number of anilines is 1. The lowest BCUT2D eigenvalue weighted by Crippen LogP contribution is -2.01. The summed E-state index contributed by atoms with van der Waals surface area (Å²) in [7, 11) is 0. The third-order valence-electron chi connectivity index (χ3n) is 2.25. The third-order valence-corrected chi connectivity index (χ3v) is 2.50. The Morgan fingerprint density at radius 1 is 1.18 bits per heavy atom. The zero-order chi connectivity index (χ0) is 12.1. The number of rotatable bonds is 3. The van der Waals surface area contributed by atoms with Crippen LogP contribution in [0.5, 0.6) is 0 Å². The highest BCUT2D eigenvalue weighted by molar-refractivity contribution is 6.30. The van der Waals surface area contributed by atoms with Gasteiger partial charge in [0.05, 0.1) is 0 Å². The van der Waals surface area contributed by atoms with E-state index in [-0.39, 0.29) is 0 Å². The van der Waals surface area contributed by atoms with Gasteiger partial charge >= 0.3 is 0 Å². The van der Waals surface area contributed by atoms with Gasteiger partial charge in [-0.25, -0.2) is 4.98 Å². The molecule has 17 heavy (non-hydrogen) atoms. The number of benzene rings is 1. The molecule has 2 aromatic rings. The Balaban J connectivity index is 2.02. The van der Waals surface area contributed by atoms with Crippen molar-refractivity contribution in [1.82, 2.24) is 4.98 Å². The molecular weight excluding hydrogens is 234 g/mol. The minimum absolute atomic E-state index is 0.408. The number of hydrogen-bond donors (Lipinski definition) is 1. The second kappa shape index (κ2) is 5.33. The largest absolute Gasteiger partial charge is 0.366 e. The van der Waals surface area contributed by atoms with Crippen LogP contribution in [0.1, 0.15) is 11.3 Å². The van der Waals surface area contributed by atoms with E-state index in [9.17, 15) is 0 Å². The number of aromatic nitrogens is 1. The van der Waals surface area contributed by atoms with Gasteiger partial charge < -0.3 is 5.32 Å². The van der Waals surface area contributed by atoms with Crippen LogP contribution in [-0.4, -0.2) is 4.98 Å². The van der Waals surface area contributed by atoms with Crippen LogP contribution < -0.4 is 5.32 Å². The van der Waals surface area contributed by atoms with Crippen molar-refractivity contribution in [2.45, 2.75) is 6.54 Å². The van der Waals surface area contributed by atoms with Crippen LogP contribution in [0.3, 0.4) is 0 Å². The molecule has 1 heterocycles. The van der Waals surface area contributed by atoms with Gasteiger partial charge in [0.1, 0.15) is 17.6 Å². The van der Waals surface area contributed by atoms with Crippen molar-refractivity contribution in [2.24, 2.45) is 0 Å². The quantitative estimate of drug-likeness (QED) is 0.901. The summed E-state index contributed by atoms with van der Waals surface area (Å²) in [5.41, 5.74) is 1.52. The molecule has 0 unspecified atom stereocenters. The number of nitrogens with one attached hydrogen (secondary N) is 1. The van der Waals surface area contributed by atoms with Crippen molar-refractivity contribution in [1.29, 1.82) is 5.26 Å². The number of nitriles is 1. The van der Waals surface area contributed by atoms with Crippen molar-refractivity contribution in [3.63, 3.8) is 0 Å². The van der Waals surface area contributed by atoms with Crippen LogP contribution in [0.25, 0.3) is 0 Å². The van der Waals surface area contributed by atoms with Crippen LogP contribution in [0, 0.1) is 11.3 Å². The highest BCUT2D eigenvalue weighted by atomic mass is 35.5. The Hall–Kier alpha value is -2.05. The third kappa shape index (κ3) is 3.20. The molecule has 0 aliphatic rings. The van der Waals surface area contributed by atoms with Gasteiger partial charge in [0.15, 0.2) is 0 Å². The zero-order valence-corrected chi connectivity index (χ0v) is 9.78. The standard InChI is InChI=1S/C13H10ClN3/c14-11-6-4-10(5-7-11)9-16-13-3-1-2-12(8-15)17-13/h1-7H,9H2,(H,16,17). The fourth-order valence-electron chi connectivity index (χ4n) is 1.39. The summed E-state index contributed by atoms with van der Waals surface area (Å²) in [6.45, 7) is 0.652. The molecule has 0 radical (unpaired) electrons. The van der Waals surface area contributed by atoms with Gasteiger partial charge in [-0.1, -0.05) is 29.8 Å². The molecule has 0 spiro atoms. The average Bonchev–Trinajstić information content (AvgIpc) is 2.38. The van der Waals surface area contributed by atoms with Gasteiger partial charge in [0.2, 0.25) is 0 Å². The number of pyridine rings is 1. The molecule has 84 valence electrons. The average molecular weight is 244 g/mol. The second-order valence-electron chi connectivity index (χ2n) is 3.50. The summed E-state index contributed by atoms with van der Waals surface area (Å²) in [6.07, 6.45) is 0. The molecule has 1 N–H and O–H groups in total. The van der Waals surface area contributed by atoms with E-state index in [2.05, 4.69) is 10.3 Å². The van der Waals surface area contributed by atoms with E-state index in [0.29, 0.717) is 18.1 Å². The van der Waals surface area contributed by atoms with Gasteiger partial charge in [-0.15, -0.1) is 0 Å². The molecule has 3 nitrogen and oxygen atoms in total. The monoisotopic (exact) mass is 243 g/mol. The summed E-state index contributed by atoms with van der Waals surface area (Å²) < 4.78 is 0. The van der Waals surface area contributed by atoms with Crippen LogP contribution >= 0.6 is 11.6 Å². The lowest BCUT2D eigenvalue weighted by atomic mass is 10.2. The van der Waals surface area contributed by atoms with E-state index >= 15 is 0 Å². The molecular formula is C13H10ClN3. The Kier molecular flexibility index (Phi) is 3.59. The topological polar surface area (TPSA) is 48.7 Å². The predicted molar refractivity (Wildman–Crippen MR) is 67.7 cm³/mol. The number of nitrogens with zero attached hydrogens (tertiary/aromatic N) is 2. The molecule has 2 rings (SSSR count). The summed E-state index contributed by atoms with van der Waals surface area (Å²) >= 11 is 5.80. The molecule has 0 fully saturated rings. The van der Waals surface area contributed by atoms with Gasteiger partial charge in [-0.2, -0.15) is 5.26 Å². The lowest BCUT2D eigenvalue weighted by molar-refractivity contribution is 1.10. The van der Waals surface area contributed by atoms with Gasteiger partial charge in [-0.3, -0.25) is 0 Å². The summed E-state index contributed by atoms with van der Waals surface area (Å²) in [6, 6.07) is 14.9. The zero-order valence-electron chi connectivity index (χ0n) is 9.02. The van der Waals surface area contributed by atoms with E-state index in [0.717, 1.165) is 10.6 Å². The smallest absolute Gasteiger partial charge is 0.142 e. The maximum atomic E-state index is 8.72. The van der Waals surface area contributed by atoms with E-state index < -0.39 is 0 Å². The minimum Gasteiger partial charge on any atom is -0.366 e. The highest BCUT2D eigenvalue weighted by Crippen LogP contribution is 2.11. The Morgan fingerprint density at radius 3 is 2.65 bits per heavy atom. The SMILES string of the molecule is N#Cc1cccc(NCc2ccc(Cl)cc2)n1. The molecule has 0 saturated carbocycles. The molecule has 0 aliphatic heterocycles. The van der Waals surface area contributed by atoms with Crippen LogP contribution in [0.4, 0.5) is 5.82 Å². The molecule has 1 aromatic carbocycles. The summed E-state index contributed by atoms with van der Waals surface area (Å²) in [5, 5.41) is 12.6. The van der Waals surface area contributed by atoms with Gasteiger partial charge in [-0.05, 0) is 29.8 Å². The first kappa shape index (κ1) is 11.4. The van der Waals surface area contributed by atoms with E-state index in [4.69, 9.17) is 16.9 Å². The van der Waals surface area contributed by atoms with Gasteiger partial charge in [0.25, 0.3) is 0 Å². The normalized spacial score (nSPS) is 9.65. The van der Waals surface area contributed by atoms with Gasteiger partial charge in [0, 0.05) is 11.6 Å². The maximum absolute atomic E-state index is 8.72. The molecule has 1 aromatic heterocycles. The van der Waals surface area contributed by atoms with Crippen molar-refractivity contribution >= 4 is 17.4 Å². The van der Waals surface area contributed by atoms with Crippen LogP contribution in [0.15, 0.2) is 42.5 Å². The van der Waals surface area contributed by atoms with Crippen molar-refractivity contribution < 1.29 is 0 Å². The minimum atomic E-state index is 0.408. The second-order valence-corrected chi connectivity index (χ2v) is 3.94. The Morgan fingerprint density at radius 2 is 1.94 bits per heavy atom. The molecule has 0 atom stereocenters. The Labute approximate surface area is 105 Å². The van der Waals surface area contributed by atoms with E-state index in [1.165, 1.54) is 0 Å². The summed E-state index contributed by atoms with van der Waals surface area (Å²) in [4.78, 5) is 4.13. The van der Waals surface area contributed by atoms with E-state index in [1.807, 2.05) is 36.4 Å².